The molecule has 5 rings (SSSR count). The molecule has 1 aromatic heterocycles. The van der Waals surface area contributed by atoms with Crippen molar-refractivity contribution in [3.8, 4) is 5.69 Å². The third-order valence-corrected chi connectivity index (χ3v) is 6.78. The van der Waals surface area contributed by atoms with Gasteiger partial charge in [0.1, 0.15) is 0 Å². The molecule has 2 saturated heterocycles. The highest BCUT2D eigenvalue weighted by molar-refractivity contribution is 7.71. The smallest absolute Gasteiger partial charge is 0.230 e. The van der Waals surface area contributed by atoms with Crippen molar-refractivity contribution in [2.45, 2.75) is 19.5 Å². The first-order valence-electron chi connectivity index (χ1n) is 11.9. The quantitative estimate of drug-likeness (QED) is 0.547. The lowest BCUT2D eigenvalue weighted by molar-refractivity contribution is -0.121. The fourth-order valence-electron chi connectivity index (χ4n) is 4.61. The minimum Gasteiger partial charge on any atom is -0.378 e. The summed E-state index contributed by atoms with van der Waals surface area (Å²) in [6.07, 6.45) is 1.86. The van der Waals surface area contributed by atoms with E-state index < -0.39 is 0 Å². The van der Waals surface area contributed by atoms with Crippen LogP contribution >= 0.6 is 12.2 Å². The topological polar surface area (TPSA) is 67.6 Å². The van der Waals surface area contributed by atoms with Gasteiger partial charge in [-0.2, -0.15) is 0 Å². The highest BCUT2D eigenvalue weighted by Gasteiger charge is 2.27. The molecule has 3 heterocycles. The number of hydrogen-bond donors (Lipinski definition) is 1. The Balaban J connectivity index is 1.35. The molecule has 2 aliphatic heterocycles. The molecule has 0 spiro atoms. The standard InChI is InChI=1S/C25H30N6O2S/c32-23(26-21-9-3-1-4-10-21)20-8-7-13-28(18-20)19-30-25(34)31(22-11-5-2-6-12-22)24(27-30)29-14-16-33-17-15-29/h1-6,9-12,20H,7-8,13-19H2,(H,26,32). The van der Waals surface area contributed by atoms with Crippen LogP contribution in [0.1, 0.15) is 12.8 Å². The lowest BCUT2D eigenvalue weighted by Crippen LogP contribution is -2.41. The molecule has 1 amide bonds. The zero-order valence-electron chi connectivity index (χ0n) is 19.2. The summed E-state index contributed by atoms with van der Waals surface area (Å²) in [4.78, 5) is 17.4. The van der Waals surface area contributed by atoms with Crippen molar-refractivity contribution in [1.82, 2.24) is 19.2 Å². The van der Waals surface area contributed by atoms with Crippen LogP contribution in [0.3, 0.4) is 0 Å². The van der Waals surface area contributed by atoms with E-state index in [2.05, 4.69) is 27.2 Å². The number of amides is 1. The highest BCUT2D eigenvalue weighted by Crippen LogP contribution is 2.23. The van der Waals surface area contributed by atoms with Crippen LogP contribution in [0.25, 0.3) is 5.69 Å². The number of ether oxygens (including phenoxy) is 1. The Morgan fingerprint density at radius 2 is 1.74 bits per heavy atom. The van der Waals surface area contributed by atoms with E-state index >= 15 is 0 Å². The van der Waals surface area contributed by atoms with Gasteiger partial charge in [0.15, 0.2) is 0 Å². The minimum atomic E-state index is -0.0574. The predicted molar refractivity (Wildman–Crippen MR) is 135 cm³/mol. The molecule has 9 heteroatoms. The van der Waals surface area contributed by atoms with Gasteiger partial charge in [-0.05, 0) is 55.9 Å². The number of aromatic nitrogens is 3. The van der Waals surface area contributed by atoms with E-state index in [4.69, 9.17) is 22.1 Å². The van der Waals surface area contributed by atoms with Gasteiger partial charge in [0.05, 0.1) is 31.5 Å². The van der Waals surface area contributed by atoms with Crippen molar-refractivity contribution >= 4 is 29.8 Å². The number of nitrogens with one attached hydrogen (secondary N) is 1. The van der Waals surface area contributed by atoms with Gasteiger partial charge >= 0.3 is 0 Å². The zero-order chi connectivity index (χ0) is 23.3. The van der Waals surface area contributed by atoms with Gasteiger partial charge in [0.25, 0.3) is 0 Å². The number of hydrogen-bond acceptors (Lipinski definition) is 6. The highest BCUT2D eigenvalue weighted by atomic mass is 32.1. The Bertz CT molecular complexity index is 1160. The lowest BCUT2D eigenvalue weighted by atomic mass is 9.97. The van der Waals surface area contributed by atoms with Crippen molar-refractivity contribution in [3.63, 3.8) is 0 Å². The molecule has 2 aliphatic rings. The summed E-state index contributed by atoms with van der Waals surface area (Å²) in [6, 6.07) is 19.8. The fraction of sp³-hybridized carbons (Fsp3) is 0.400. The minimum absolute atomic E-state index is 0.0574. The number of rotatable bonds is 6. The second-order valence-electron chi connectivity index (χ2n) is 8.77. The van der Waals surface area contributed by atoms with E-state index in [0.717, 1.165) is 49.8 Å². The van der Waals surface area contributed by atoms with Gasteiger partial charge in [-0.1, -0.05) is 36.4 Å². The van der Waals surface area contributed by atoms with Crippen molar-refractivity contribution in [2.24, 2.45) is 5.92 Å². The molecule has 0 aliphatic carbocycles. The van der Waals surface area contributed by atoms with Crippen LogP contribution in [0.4, 0.5) is 11.6 Å². The number of para-hydroxylation sites is 2. The summed E-state index contributed by atoms with van der Waals surface area (Å²) in [5.74, 6) is 0.858. The van der Waals surface area contributed by atoms with Gasteiger partial charge in [-0.15, -0.1) is 5.10 Å². The molecule has 1 atom stereocenters. The Labute approximate surface area is 204 Å². The normalized spacial score (nSPS) is 19.2. The largest absolute Gasteiger partial charge is 0.378 e. The number of likely N-dealkylation sites (tertiary alicyclic amines) is 1. The number of benzene rings is 2. The average Bonchev–Trinajstić information content (AvgIpc) is 3.21. The fourth-order valence-corrected chi connectivity index (χ4v) is 4.90. The Morgan fingerprint density at radius 1 is 1.03 bits per heavy atom. The summed E-state index contributed by atoms with van der Waals surface area (Å²) in [5.41, 5.74) is 1.84. The maximum atomic E-state index is 12.9. The van der Waals surface area contributed by atoms with Crippen molar-refractivity contribution in [1.29, 1.82) is 0 Å². The third kappa shape index (κ3) is 5.06. The maximum Gasteiger partial charge on any atom is 0.230 e. The number of anilines is 2. The average molecular weight is 479 g/mol. The van der Waals surface area contributed by atoms with E-state index in [0.29, 0.717) is 31.2 Å². The monoisotopic (exact) mass is 478 g/mol. The lowest BCUT2D eigenvalue weighted by Gasteiger charge is -2.31. The number of morpholine rings is 1. The van der Waals surface area contributed by atoms with Gasteiger partial charge in [0.2, 0.25) is 16.6 Å². The van der Waals surface area contributed by atoms with Crippen LogP contribution < -0.4 is 10.2 Å². The van der Waals surface area contributed by atoms with Gasteiger partial charge < -0.3 is 15.0 Å². The first-order valence-corrected chi connectivity index (χ1v) is 12.3. The zero-order valence-corrected chi connectivity index (χ0v) is 20.0. The number of carbonyl (C=O) groups excluding carboxylic acids is 1. The molecule has 1 unspecified atom stereocenters. The van der Waals surface area contributed by atoms with E-state index in [1.807, 2.05) is 57.8 Å². The molecule has 2 fully saturated rings. The number of carbonyl (C=O) groups is 1. The first-order chi connectivity index (χ1) is 16.7. The molecule has 8 nitrogen and oxygen atoms in total. The molecule has 0 saturated carbocycles. The summed E-state index contributed by atoms with van der Waals surface area (Å²) in [7, 11) is 0. The van der Waals surface area contributed by atoms with Crippen LogP contribution in [0.2, 0.25) is 0 Å². The predicted octanol–water partition coefficient (Wildman–Crippen LogP) is 3.55. The summed E-state index contributed by atoms with van der Waals surface area (Å²) < 4.78 is 10.1. The maximum absolute atomic E-state index is 12.9. The van der Waals surface area contributed by atoms with Crippen LogP contribution in [0, 0.1) is 10.7 Å². The molecule has 1 N–H and O–H groups in total. The first kappa shape index (κ1) is 22.8. The van der Waals surface area contributed by atoms with Crippen molar-refractivity contribution in [3.05, 3.63) is 65.4 Å². The Morgan fingerprint density at radius 3 is 2.47 bits per heavy atom. The molecule has 2 aromatic carbocycles. The van der Waals surface area contributed by atoms with Crippen molar-refractivity contribution < 1.29 is 9.53 Å². The van der Waals surface area contributed by atoms with Gasteiger partial charge in [-0.3, -0.25) is 14.3 Å². The molecule has 34 heavy (non-hydrogen) atoms. The Kier molecular flexibility index (Phi) is 7.03. The van der Waals surface area contributed by atoms with Crippen LogP contribution in [-0.4, -0.2) is 64.5 Å². The van der Waals surface area contributed by atoms with Gasteiger partial charge in [0, 0.05) is 25.3 Å². The molecule has 178 valence electrons. The molecular formula is C25H30N6O2S. The SMILES string of the molecule is O=C(Nc1ccccc1)C1CCCN(Cn2nc(N3CCOCC3)n(-c3ccccc3)c2=S)C1. The van der Waals surface area contributed by atoms with E-state index in [1.165, 1.54) is 0 Å². The van der Waals surface area contributed by atoms with Crippen molar-refractivity contribution in [2.75, 3.05) is 49.6 Å². The summed E-state index contributed by atoms with van der Waals surface area (Å²) in [5, 5.41) is 8.00. The molecular weight excluding hydrogens is 448 g/mol. The van der Waals surface area contributed by atoms with E-state index in [1.54, 1.807) is 0 Å². The second kappa shape index (κ2) is 10.5. The third-order valence-electron chi connectivity index (χ3n) is 6.38. The van der Waals surface area contributed by atoms with Crippen LogP contribution in [0.15, 0.2) is 60.7 Å². The number of nitrogens with zero attached hydrogens (tertiary/aromatic N) is 5. The van der Waals surface area contributed by atoms with E-state index in [-0.39, 0.29) is 11.8 Å². The summed E-state index contributed by atoms with van der Waals surface area (Å²) in [6.45, 7) is 5.09. The van der Waals surface area contributed by atoms with Crippen LogP contribution in [-0.2, 0) is 16.2 Å². The summed E-state index contributed by atoms with van der Waals surface area (Å²) >= 11 is 5.90. The van der Waals surface area contributed by atoms with Crippen LogP contribution in [0.5, 0.6) is 0 Å². The van der Waals surface area contributed by atoms with Gasteiger partial charge in [-0.25, -0.2) is 4.68 Å². The number of piperidine rings is 1. The second-order valence-corrected chi connectivity index (χ2v) is 9.13. The molecule has 0 bridgehead atoms. The Hall–Kier alpha value is -3.01. The molecule has 0 radical (unpaired) electrons. The van der Waals surface area contributed by atoms with E-state index in [9.17, 15) is 4.79 Å². The molecule has 3 aromatic rings.